The van der Waals surface area contributed by atoms with E-state index in [0.717, 1.165) is 24.8 Å². The molecule has 5 fully saturated rings. The average Bonchev–Trinajstić information content (AvgIpc) is 3.53. The van der Waals surface area contributed by atoms with Crippen molar-refractivity contribution in [3.8, 4) is 6.07 Å². The van der Waals surface area contributed by atoms with Crippen molar-refractivity contribution >= 4 is 19.1 Å². The van der Waals surface area contributed by atoms with Crippen LogP contribution in [0.3, 0.4) is 0 Å². The number of hydrogen-bond acceptors (Lipinski definition) is 5. The number of nitrogens with zero attached hydrogens (tertiary/aromatic N) is 2. The van der Waals surface area contributed by atoms with E-state index in [4.69, 9.17) is 14.6 Å². The summed E-state index contributed by atoms with van der Waals surface area (Å²) in [6.07, 6.45) is 4.55. The Morgan fingerprint density at radius 1 is 1.28 bits per heavy atom. The maximum Gasteiger partial charge on any atom is 0.481 e. The molecule has 0 aromatic heterocycles. The number of carbonyl (C=O) groups excluding carboxylic acids is 2. The monoisotopic (exact) mass is 490 g/mol. The van der Waals surface area contributed by atoms with Gasteiger partial charge in [-0.05, 0) is 54.9 Å². The van der Waals surface area contributed by atoms with Gasteiger partial charge in [-0.3, -0.25) is 4.79 Å². The third-order valence-electron chi connectivity index (χ3n) is 8.90. The molecule has 8 nitrogen and oxygen atoms in total. The van der Waals surface area contributed by atoms with Gasteiger partial charge in [0.25, 0.3) is 5.91 Å². The Bertz CT molecular complexity index is 1060. The van der Waals surface area contributed by atoms with E-state index in [1.807, 2.05) is 36.4 Å². The largest absolute Gasteiger partial charge is 0.481 e. The molecule has 0 radical (unpaired) electrons. The fourth-order valence-electron chi connectivity index (χ4n) is 6.60. The van der Waals surface area contributed by atoms with Crippen LogP contribution in [0.2, 0.25) is 0 Å². The lowest BCUT2D eigenvalue weighted by atomic mass is 9.47. The number of amides is 3. The Kier molecular flexibility index (Phi) is 6.84. The Labute approximate surface area is 213 Å². The maximum absolute atomic E-state index is 13.0. The lowest BCUT2D eigenvalue weighted by Crippen LogP contribution is -2.59. The first-order valence-corrected chi connectivity index (χ1v) is 13.1. The number of likely N-dealkylation sites (tertiary alicyclic amines) is 1. The van der Waals surface area contributed by atoms with Crippen molar-refractivity contribution < 1.29 is 18.9 Å². The molecule has 1 aromatic carbocycles. The fraction of sp³-hybridized carbons (Fsp3) is 0.593. The lowest BCUT2D eigenvalue weighted by Gasteiger charge is -2.60. The topological polar surface area (TPSA) is 104 Å². The van der Waals surface area contributed by atoms with Crippen molar-refractivity contribution in [3.63, 3.8) is 0 Å². The molecule has 2 aliphatic heterocycles. The standard InChI is InChI=1S/C27H35BN4O4/c1-17(15-29)25(33)32-11-7-10-20(32)16-30-26(34)31-23(12-18-8-5-4-6-9-18)28-35-22-14-19-13-21(24(22)36-28)27(19,2)3/h4-6,8-9,19-24H,1,7,10-14,16H2,2-3H3,(H2,30,31,34)/t19-,20-,21+,22+,23-,24?/m0/s1. The van der Waals surface area contributed by atoms with Gasteiger partial charge in [-0.25, -0.2) is 4.79 Å². The van der Waals surface area contributed by atoms with Crippen LogP contribution in [0, 0.1) is 28.6 Å². The van der Waals surface area contributed by atoms with Crippen molar-refractivity contribution in [2.24, 2.45) is 17.3 Å². The van der Waals surface area contributed by atoms with Gasteiger partial charge in [0.05, 0.1) is 18.1 Å². The zero-order valence-corrected chi connectivity index (χ0v) is 21.1. The van der Waals surface area contributed by atoms with Gasteiger partial charge in [-0.2, -0.15) is 5.26 Å². The zero-order valence-electron chi connectivity index (χ0n) is 21.1. The minimum Gasteiger partial charge on any atom is -0.404 e. The number of hydrogen-bond donors (Lipinski definition) is 2. The van der Waals surface area contributed by atoms with E-state index >= 15 is 0 Å². The molecular formula is C27H35BN4O4. The van der Waals surface area contributed by atoms with Crippen LogP contribution in [0.15, 0.2) is 42.5 Å². The van der Waals surface area contributed by atoms with Crippen LogP contribution >= 0.6 is 0 Å². The molecule has 2 bridgehead atoms. The summed E-state index contributed by atoms with van der Waals surface area (Å²) >= 11 is 0. The van der Waals surface area contributed by atoms with Crippen LogP contribution in [-0.4, -0.2) is 61.2 Å². The summed E-state index contributed by atoms with van der Waals surface area (Å²) in [6.45, 7) is 9.07. The molecule has 3 amide bonds. The fourth-order valence-corrected chi connectivity index (χ4v) is 6.60. The van der Waals surface area contributed by atoms with Crippen LogP contribution in [0.25, 0.3) is 0 Å². The molecule has 190 valence electrons. The SMILES string of the molecule is C=C(C#N)C(=O)N1CCC[C@H]1CNC(=O)N[C@@H](Cc1ccccc1)B1OC2[C@H]3C[C@@H](C[C@H]2O1)C3(C)C. The average molecular weight is 490 g/mol. The molecule has 3 saturated carbocycles. The summed E-state index contributed by atoms with van der Waals surface area (Å²) < 4.78 is 12.9. The Hall–Kier alpha value is -2.83. The van der Waals surface area contributed by atoms with Gasteiger partial charge in [-0.1, -0.05) is 50.8 Å². The number of nitriles is 1. The highest BCUT2D eigenvalue weighted by atomic mass is 16.7. The smallest absolute Gasteiger partial charge is 0.404 e. The second-order valence-corrected chi connectivity index (χ2v) is 11.3. The Balaban J connectivity index is 1.22. The van der Waals surface area contributed by atoms with Gasteiger partial charge in [0.1, 0.15) is 11.6 Å². The summed E-state index contributed by atoms with van der Waals surface area (Å²) in [6, 6.07) is 11.4. The third-order valence-corrected chi connectivity index (χ3v) is 8.90. The maximum atomic E-state index is 13.0. The highest BCUT2D eigenvalue weighted by Gasteiger charge is 2.62. The van der Waals surface area contributed by atoms with E-state index in [0.29, 0.717) is 31.3 Å². The number of nitrogens with one attached hydrogen (secondary N) is 2. The lowest BCUT2D eigenvalue weighted by molar-refractivity contribution is -0.150. The molecule has 1 aromatic rings. The minimum absolute atomic E-state index is 0.0735. The second kappa shape index (κ2) is 9.91. The Morgan fingerprint density at radius 3 is 2.78 bits per heavy atom. The summed E-state index contributed by atoms with van der Waals surface area (Å²) in [7, 11) is -0.510. The Morgan fingerprint density at radius 2 is 2.06 bits per heavy atom. The highest BCUT2D eigenvalue weighted by Crippen LogP contribution is 2.61. The number of benzene rings is 1. The molecule has 36 heavy (non-hydrogen) atoms. The molecule has 5 aliphatic rings. The normalized spacial score (nSPS) is 30.5. The van der Waals surface area contributed by atoms with Gasteiger partial charge in [0.2, 0.25) is 0 Å². The van der Waals surface area contributed by atoms with E-state index in [2.05, 4.69) is 31.1 Å². The highest BCUT2D eigenvalue weighted by molar-refractivity contribution is 6.47. The van der Waals surface area contributed by atoms with E-state index in [1.54, 1.807) is 4.90 Å². The first-order chi connectivity index (χ1) is 17.3. The van der Waals surface area contributed by atoms with Crippen LogP contribution < -0.4 is 10.6 Å². The van der Waals surface area contributed by atoms with E-state index in [9.17, 15) is 9.59 Å². The minimum atomic E-state index is -0.510. The molecule has 3 aliphatic carbocycles. The summed E-state index contributed by atoms with van der Waals surface area (Å²) in [5.41, 5.74) is 1.30. The van der Waals surface area contributed by atoms with Crippen molar-refractivity contribution in [2.75, 3.05) is 13.1 Å². The quantitative estimate of drug-likeness (QED) is 0.348. The van der Waals surface area contributed by atoms with Crippen LogP contribution in [0.5, 0.6) is 0 Å². The van der Waals surface area contributed by atoms with Gasteiger partial charge in [0.15, 0.2) is 0 Å². The third kappa shape index (κ3) is 4.64. The van der Waals surface area contributed by atoms with Gasteiger partial charge >= 0.3 is 13.1 Å². The van der Waals surface area contributed by atoms with Crippen molar-refractivity contribution in [1.82, 2.24) is 15.5 Å². The van der Waals surface area contributed by atoms with Crippen LogP contribution in [0.1, 0.15) is 45.1 Å². The van der Waals surface area contributed by atoms with Gasteiger partial charge in [0, 0.05) is 19.1 Å². The predicted octanol–water partition coefficient (Wildman–Crippen LogP) is 2.85. The predicted molar refractivity (Wildman–Crippen MR) is 135 cm³/mol. The molecule has 2 N–H and O–H groups in total. The van der Waals surface area contributed by atoms with Crippen molar-refractivity contribution in [2.45, 2.75) is 70.1 Å². The molecule has 6 atom stereocenters. The second-order valence-electron chi connectivity index (χ2n) is 11.3. The first kappa shape index (κ1) is 24.9. The molecule has 6 rings (SSSR count). The van der Waals surface area contributed by atoms with E-state index in [-0.39, 0.29) is 47.1 Å². The summed E-state index contributed by atoms with van der Waals surface area (Å²) in [5, 5.41) is 15.0. The van der Waals surface area contributed by atoms with Crippen molar-refractivity contribution in [1.29, 1.82) is 5.26 Å². The first-order valence-electron chi connectivity index (χ1n) is 13.1. The zero-order chi connectivity index (χ0) is 25.4. The van der Waals surface area contributed by atoms with Gasteiger partial charge < -0.3 is 24.8 Å². The molecule has 0 spiro atoms. The van der Waals surface area contributed by atoms with E-state index in [1.165, 1.54) is 6.42 Å². The summed E-state index contributed by atoms with van der Waals surface area (Å²) in [5.74, 6) is 0.453. The van der Waals surface area contributed by atoms with E-state index < -0.39 is 7.12 Å². The molecule has 9 heteroatoms. The van der Waals surface area contributed by atoms with Gasteiger partial charge in [-0.15, -0.1) is 0 Å². The molecule has 2 saturated heterocycles. The number of carbonyl (C=O) groups is 2. The van der Waals surface area contributed by atoms with Crippen LogP contribution in [0.4, 0.5) is 4.79 Å². The molecule has 1 unspecified atom stereocenters. The number of urea groups is 1. The summed E-state index contributed by atoms with van der Waals surface area (Å²) in [4.78, 5) is 27.1. The molecular weight excluding hydrogens is 455 g/mol. The molecule has 2 heterocycles. The number of rotatable bonds is 7. The van der Waals surface area contributed by atoms with Crippen LogP contribution in [-0.2, 0) is 20.5 Å². The van der Waals surface area contributed by atoms with Crippen molar-refractivity contribution in [3.05, 3.63) is 48.0 Å².